The summed E-state index contributed by atoms with van der Waals surface area (Å²) in [5, 5.41) is 5.70. The molecule has 0 fully saturated rings. The molecule has 6 heteroatoms. The van der Waals surface area contributed by atoms with Crippen LogP contribution < -0.4 is 15.4 Å². The molecule has 0 aliphatic carbocycles. The van der Waals surface area contributed by atoms with E-state index in [0.29, 0.717) is 24.0 Å². The van der Waals surface area contributed by atoms with Gasteiger partial charge in [-0.1, -0.05) is 0 Å². The van der Waals surface area contributed by atoms with Gasteiger partial charge in [0.15, 0.2) is 0 Å². The molecule has 2 aromatic rings. The van der Waals surface area contributed by atoms with Crippen molar-refractivity contribution < 1.29 is 9.53 Å². The lowest BCUT2D eigenvalue weighted by Crippen LogP contribution is -2.18. The number of carbonyl (C=O) groups excluding carboxylic acids is 1. The number of nitrogens with zero attached hydrogens (tertiary/aromatic N) is 2. The minimum absolute atomic E-state index is 0.0561. The summed E-state index contributed by atoms with van der Waals surface area (Å²) >= 11 is 0. The summed E-state index contributed by atoms with van der Waals surface area (Å²) in [6, 6.07) is 7.28. The van der Waals surface area contributed by atoms with Gasteiger partial charge in [0.05, 0.1) is 0 Å². The molecule has 0 saturated carbocycles. The SMILES string of the molecule is CNc1nccc(Oc2ccc3c(c2)CCC(=O)N3)n1. The molecule has 0 saturated heterocycles. The number of hydrogen-bond acceptors (Lipinski definition) is 5. The minimum atomic E-state index is 0.0561. The molecule has 0 atom stereocenters. The molecule has 0 radical (unpaired) electrons. The van der Waals surface area contributed by atoms with Gasteiger partial charge in [-0.25, -0.2) is 4.98 Å². The summed E-state index contributed by atoms with van der Waals surface area (Å²) in [6.45, 7) is 0. The van der Waals surface area contributed by atoms with Crippen LogP contribution in [0.15, 0.2) is 30.5 Å². The van der Waals surface area contributed by atoms with E-state index < -0.39 is 0 Å². The zero-order chi connectivity index (χ0) is 13.9. The van der Waals surface area contributed by atoms with E-state index in [1.54, 1.807) is 19.3 Å². The Kier molecular flexibility index (Phi) is 3.20. The van der Waals surface area contributed by atoms with Crippen molar-refractivity contribution in [2.75, 3.05) is 17.7 Å². The van der Waals surface area contributed by atoms with Gasteiger partial charge in [0, 0.05) is 31.4 Å². The molecule has 1 aromatic heterocycles. The molecule has 1 aliphatic rings. The summed E-state index contributed by atoms with van der Waals surface area (Å²) in [6.07, 6.45) is 2.87. The van der Waals surface area contributed by atoms with Gasteiger partial charge in [-0.05, 0) is 30.2 Å². The van der Waals surface area contributed by atoms with Gasteiger partial charge in [-0.2, -0.15) is 4.98 Å². The molecule has 102 valence electrons. The van der Waals surface area contributed by atoms with Crippen molar-refractivity contribution in [3.63, 3.8) is 0 Å². The lowest BCUT2D eigenvalue weighted by atomic mass is 10.0. The molecule has 3 rings (SSSR count). The Morgan fingerprint density at radius 2 is 2.20 bits per heavy atom. The van der Waals surface area contributed by atoms with Crippen molar-refractivity contribution >= 4 is 17.5 Å². The van der Waals surface area contributed by atoms with Crippen LogP contribution in [0.5, 0.6) is 11.6 Å². The summed E-state index contributed by atoms with van der Waals surface area (Å²) in [5.41, 5.74) is 1.93. The highest BCUT2D eigenvalue weighted by molar-refractivity contribution is 5.94. The average molecular weight is 270 g/mol. The number of nitrogens with one attached hydrogen (secondary N) is 2. The Morgan fingerprint density at radius 1 is 1.30 bits per heavy atom. The lowest BCUT2D eigenvalue weighted by molar-refractivity contribution is -0.116. The molecule has 1 aliphatic heterocycles. The average Bonchev–Trinajstić information content (AvgIpc) is 2.47. The number of ether oxygens (including phenoxy) is 1. The third-order valence-electron chi connectivity index (χ3n) is 3.05. The zero-order valence-electron chi connectivity index (χ0n) is 11.0. The van der Waals surface area contributed by atoms with Gasteiger partial charge in [0.2, 0.25) is 17.7 Å². The Balaban J connectivity index is 1.82. The maximum absolute atomic E-state index is 11.3. The summed E-state index contributed by atoms with van der Waals surface area (Å²) in [5.74, 6) is 1.73. The van der Waals surface area contributed by atoms with Crippen LogP contribution in [0.3, 0.4) is 0 Å². The molecule has 1 aromatic carbocycles. The van der Waals surface area contributed by atoms with Crippen LogP contribution >= 0.6 is 0 Å². The summed E-state index contributed by atoms with van der Waals surface area (Å²) in [7, 11) is 1.75. The predicted octanol–water partition coefficient (Wildman–Crippen LogP) is 2.20. The molecular weight excluding hydrogens is 256 g/mol. The monoisotopic (exact) mass is 270 g/mol. The number of aryl methyl sites for hydroxylation is 1. The second-order valence-electron chi connectivity index (χ2n) is 4.44. The number of carbonyl (C=O) groups is 1. The van der Waals surface area contributed by atoms with Crippen LogP contribution in [-0.2, 0) is 11.2 Å². The van der Waals surface area contributed by atoms with Crippen LogP contribution in [0.1, 0.15) is 12.0 Å². The van der Waals surface area contributed by atoms with Gasteiger partial charge in [0.25, 0.3) is 0 Å². The van der Waals surface area contributed by atoms with Gasteiger partial charge >= 0.3 is 0 Å². The molecular formula is C14H14N4O2. The number of fused-ring (bicyclic) bond motifs is 1. The Hall–Kier alpha value is -2.63. The van der Waals surface area contributed by atoms with E-state index in [-0.39, 0.29) is 5.91 Å². The highest BCUT2D eigenvalue weighted by atomic mass is 16.5. The molecule has 2 heterocycles. The first-order valence-electron chi connectivity index (χ1n) is 6.36. The Labute approximate surface area is 116 Å². The quantitative estimate of drug-likeness (QED) is 0.894. The van der Waals surface area contributed by atoms with Gasteiger partial charge < -0.3 is 15.4 Å². The highest BCUT2D eigenvalue weighted by Crippen LogP contribution is 2.29. The number of anilines is 2. The minimum Gasteiger partial charge on any atom is -0.439 e. The number of hydrogen-bond donors (Lipinski definition) is 2. The fraction of sp³-hybridized carbons (Fsp3) is 0.214. The molecule has 20 heavy (non-hydrogen) atoms. The zero-order valence-corrected chi connectivity index (χ0v) is 11.0. The molecule has 0 spiro atoms. The third kappa shape index (κ3) is 2.54. The molecule has 2 N–H and O–H groups in total. The smallest absolute Gasteiger partial charge is 0.225 e. The number of rotatable bonds is 3. The first-order chi connectivity index (χ1) is 9.74. The maximum Gasteiger partial charge on any atom is 0.225 e. The van der Waals surface area contributed by atoms with E-state index >= 15 is 0 Å². The standard InChI is InChI=1S/C14H14N4O2/c1-15-14-16-7-6-13(18-14)20-10-3-4-11-9(8-10)2-5-12(19)17-11/h3-4,6-8H,2,5H2,1H3,(H,17,19)(H,15,16,18). The van der Waals surface area contributed by atoms with E-state index in [1.165, 1.54) is 0 Å². The van der Waals surface area contributed by atoms with E-state index in [2.05, 4.69) is 20.6 Å². The van der Waals surface area contributed by atoms with Crippen molar-refractivity contribution in [1.29, 1.82) is 0 Å². The molecule has 1 amide bonds. The van der Waals surface area contributed by atoms with Crippen LogP contribution in [0.2, 0.25) is 0 Å². The van der Waals surface area contributed by atoms with Crippen molar-refractivity contribution in [2.45, 2.75) is 12.8 Å². The largest absolute Gasteiger partial charge is 0.439 e. The summed E-state index contributed by atoms with van der Waals surface area (Å²) in [4.78, 5) is 19.5. The fourth-order valence-corrected chi connectivity index (χ4v) is 2.06. The van der Waals surface area contributed by atoms with Crippen LogP contribution in [-0.4, -0.2) is 22.9 Å². The topological polar surface area (TPSA) is 76.1 Å². The third-order valence-corrected chi connectivity index (χ3v) is 3.05. The Bertz CT molecular complexity index is 657. The van der Waals surface area contributed by atoms with E-state index in [9.17, 15) is 4.79 Å². The normalized spacial score (nSPS) is 13.3. The van der Waals surface area contributed by atoms with Crippen LogP contribution in [0, 0.1) is 0 Å². The van der Waals surface area contributed by atoms with Crippen molar-refractivity contribution in [3.05, 3.63) is 36.0 Å². The van der Waals surface area contributed by atoms with Crippen molar-refractivity contribution in [2.24, 2.45) is 0 Å². The van der Waals surface area contributed by atoms with E-state index in [1.807, 2.05) is 18.2 Å². The Morgan fingerprint density at radius 3 is 3.05 bits per heavy atom. The van der Waals surface area contributed by atoms with E-state index in [4.69, 9.17) is 4.74 Å². The van der Waals surface area contributed by atoms with Gasteiger partial charge in [-0.15, -0.1) is 0 Å². The second-order valence-corrected chi connectivity index (χ2v) is 4.44. The lowest BCUT2D eigenvalue weighted by Gasteiger charge is -2.17. The predicted molar refractivity (Wildman–Crippen MR) is 75.0 cm³/mol. The van der Waals surface area contributed by atoms with Crippen molar-refractivity contribution in [1.82, 2.24) is 9.97 Å². The molecule has 6 nitrogen and oxygen atoms in total. The van der Waals surface area contributed by atoms with Gasteiger partial charge in [-0.3, -0.25) is 4.79 Å². The number of amides is 1. The second kappa shape index (κ2) is 5.16. The van der Waals surface area contributed by atoms with Crippen LogP contribution in [0.4, 0.5) is 11.6 Å². The van der Waals surface area contributed by atoms with E-state index in [0.717, 1.165) is 17.7 Å². The highest BCUT2D eigenvalue weighted by Gasteiger charge is 2.15. The van der Waals surface area contributed by atoms with Crippen LogP contribution in [0.25, 0.3) is 0 Å². The molecule has 0 bridgehead atoms. The molecule has 0 unspecified atom stereocenters. The summed E-state index contributed by atoms with van der Waals surface area (Å²) < 4.78 is 5.71. The maximum atomic E-state index is 11.3. The first kappa shape index (κ1) is 12.4. The first-order valence-corrected chi connectivity index (χ1v) is 6.36. The number of benzene rings is 1. The van der Waals surface area contributed by atoms with Crippen molar-refractivity contribution in [3.8, 4) is 11.6 Å². The number of aromatic nitrogens is 2. The van der Waals surface area contributed by atoms with Gasteiger partial charge in [0.1, 0.15) is 5.75 Å². The fourth-order valence-electron chi connectivity index (χ4n) is 2.06.